The minimum atomic E-state index is -0.476. The van der Waals surface area contributed by atoms with Crippen LogP contribution in [0.4, 0.5) is 0 Å². The molecule has 4 rings (SSSR count). The Morgan fingerprint density at radius 2 is 1.61 bits per heavy atom. The topological polar surface area (TPSA) is 37.3 Å². The van der Waals surface area contributed by atoms with Crippen LogP contribution in [0.2, 0.25) is 0 Å². The summed E-state index contributed by atoms with van der Waals surface area (Å²) in [4.78, 5) is 12.2. The first-order valence-electron chi connectivity index (χ1n) is 9.96. The van der Waals surface area contributed by atoms with Gasteiger partial charge >= 0.3 is 0 Å². The van der Waals surface area contributed by atoms with Crippen LogP contribution in [0.5, 0.6) is 0 Å². The summed E-state index contributed by atoms with van der Waals surface area (Å²) in [5, 5.41) is 11.0. The van der Waals surface area contributed by atoms with Gasteiger partial charge in [0, 0.05) is 12.3 Å². The molecule has 0 spiro atoms. The molecule has 0 aromatic heterocycles. The normalized spacial score (nSPS) is 59.2. The van der Waals surface area contributed by atoms with Gasteiger partial charge in [0.15, 0.2) is 0 Å². The molecule has 4 aliphatic carbocycles. The SMILES string of the molecule is CC1C(=O)CC[C@@]2(C)C1CC[C@@H]1[C@H]2CC[C@@]2(C)[C@H]1CCC2(C)O. The van der Waals surface area contributed by atoms with Crippen LogP contribution >= 0.6 is 0 Å². The lowest BCUT2D eigenvalue weighted by atomic mass is 9.43. The van der Waals surface area contributed by atoms with Crippen molar-refractivity contribution < 1.29 is 9.90 Å². The summed E-state index contributed by atoms with van der Waals surface area (Å²) in [6.45, 7) is 9.15. The van der Waals surface area contributed by atoms with Gasteiger partial charge in [-0.25, -0.2) is 0 Å². The summed E-state index contributed by atoms with van der Waals surface area (Å²) >= 11 is 0. The second-order valence-corrected chi connectivity index (χ2v) is 10.1. The van der Waals surface area contributed by atoms with Crippen LogP contribution in [0.25, 0.3) is 0 Å². The van der Waals surface area contributed by atoms with E-state index in [9.17, 15) is 9.90 Å². The van der Waals surface area contributed by atoms with Gasteiger partial charge in [-0.3, -0.25) is 4.79 Å². The van der Waals surface area contributed by atoms with Crippen molar-refractivity contribution in [1.29, 1.82) is 0 Å². The molecule has 0 aliphatic heterocycles. The van der Waals surface area contributed by atoms with E-state index in [0.29, 0.717) is 23.0 Å². The summed E-state index contributed by atoms with van der Waals surface area (Å²) in [6.07, 6.45) is 9.07. The number of carbonyl (C=O) groups excluding carboxylic acids is 1. The monoisotopic (exact) mass is 318 g/mol. The Morgan fingerprint density at radius 1 is 0.913 bits per heavy atom. The number of Topliss-reactive ketones (excluding diaryl/α,β-unsaturated/α-hetero) is 1. The van der Waals surface area contributed by atoms with E-state index in [4.69, 9.17) is 0 Å². The summed E-state index contributed by atoms with van der Waals surface area (Å²) in [5.74, 6) is 3.65. The second-order valence-electron chi connectivity index (χ2n) is 10.1. The lowest BCUT2D eigenvalue weighted by Crippen LogP contribution is -2.57. The molecule has 0 aromatic carbocycles. The van der Waals surface area contributed by atoms with Crippen molar-refractivity contribution in [2.75, 3.05) is 0 Å². The van der Waals surface area contributed by atoms with E-state index < -0.39 is 5.60 Å². The Hall–Kier alpha value is -0.370. The number of carbonyl (C=O) groups is 1. The summed E-state index contributed by atoms with van der Waals surface area (Å²) in [5.41, 5.74) is 0.00962. The van der Waals surface area contributed by atoms with Gasteiger partial charge in [0.05, 0.1) is 5.60 Å². The molecule has 4 fully saturated rings. The van der Waals surface area contributed by atoms with Crippen molar-refractivity contribution in [3.05, 3.63) is 0 Å². The van der Waals surface area contributed by atoms with E-state index in [0.717, 1.165) is 31.1 Å². The van der Waals surface area contributed by atoms with Crippen molar-refractivity contribution in [2.45, 2.75) is 84.7 Å². The maximum absolute atomic E-state index is 12.2. The van der Waals surface area contributed by atoms with Crippen molar-refractivity contribution in [2.24, 2.45) is 40.4 Å². The lowest BCUT2D eigenvalue weighted by Gasteiger charge is -2.61. The summed E-state index contributed by atoms with van der Waals surface area (Å²) < 4.78 is 0. The molecule has 2 nitrogen and oxygen atoms in total. The molecule has 4 aliphatic rings. The maximum Gasteiger partial charge on any atom is 0.136 e. The van der Waals surface area contributed by atoms with Gasteiger partial charge in [0.1, 0.15) is 5.78 Å². The third kappa shape index (κ3) is 1.94. The van der Waals surface area contributed by atoms with Crippen LogP contribution < -0.4 is 0 Å². The van der Waals surface area contributed by atoms with Gasteiger partial charge in [0.2, 0.25) is 0 Å². The van der Waals surface area contributed by atoms with Crippen molar-refractivity contribution in [3.63, 3.8) is 0 Å². The molecular formula is C21H34O2. The minimum Gasteiger partial charge on any atom is -0.390 e. The number of rotatable bonds is 0. The van der Waals surface area contributed by atoms with Crippen LogP contribution in [0.1, 0.15) is 79.1 Å². The maximum atomic E-state index is 12.2. The second kappa shape index (κ2) is 4.84. The first kappa shape index (κ1) is 16.1. The summed E-state index contributed by atoms with van der Waals surface area (Å²) in [6, 6.07) is 0. The highest BCUT2D eigenvalue weighted by Gasteiger charge is 2.63. The zero-order valence-electron chi connectivity index (χ0n) is 15.4. The fraction of sp³-hybridized carbons (Fsp3) is 0.952. The molecule has 3 unspecified atom stereocenters. The smallest absolute Gasteiger partial charge is 0.136 e. The molecule has 0 bridgehead atoms. The molecule has 2 heteroatoms. The minimum absolute atomic E-state index is 0.119. The van der Waals surface area contributed by atoms with Crippen LogP contribution in [-0.2, 0) is 4.79 Å². The molecule has 23 heavy (non-hydrogen) atoms. The number of hydrogen-bond donors (Lipinski definition) is 1. The van der Waals surface area contributed by atoms with Gasteiger partial charge in [-0.1, -0.05) is 20.8 Å². The van der Waals surface area contributed by atoms with Crippen LogP contribution in [0, 0.1) is 40.4 Å². The Kier molecular flexibility index (Phi) is 3.39. The summed E-state index contributed by atoms with van der Waals surface area (Å²) in [7, 11) is 0. The lowest BCUT2D eigenvalue weighted by molar-refractivity contribution is -0.161. The molecule has 0 heterocycles. The first-order chi connectivity index (χ1) is 10.7. The first-order valence-corrected chi connectivity index (χ1v) is 9.96. The molecular weight excluding hydrogens is 284 g/mol. The Bertz CT molecular complexity index is 524. The van der Waals surface area contributed by atoms with Gasteiger partial charge in [-0.2, -0.15) is 0 Å². The zero-order chi connectivity index (χ0) is 16.6. The molecule has 0 aromatic rings. The molecule has 0 amide bonds. The predicted molar refractivity (Wildman–Crippen MR) is 91.9 cm³/mol. The molecule has 8 atom stereocenters. The Labute approximate surface area is 141 Å². The molecule has 4 saturated carbocycles. The molecule has 0 saturated heterocycles. The van der Waals surface area contributed by atoms with Gasteiger partial charge in [-0.15, -0.1) is 0 Å². The highest BCUT2D eigenvalue weighted by molar-refractivity contribution is 5.82. The highest BCUT2D eigenvalue weighted by atomic mass is 16.3. The van der Waals surface area contributed by atoms with Crippen LogP contribution in [-0.4, -0.2) is 16.5 Å². The average molecular weight is 319 g/mol. The standard InChI is InChI=1S/C21H34O2/c1-13-15-6-5-14-16(19(15,2)10-9-18(13)22)7-11-20(3)17(14)8-12-21(20,4)23/h13-17,23H,5-12H2,1-4H3/t13?,14-,15?,16-,17+,19+,20+,21?/m1/s1. The molecule has 1 N–H and O–H groups in total. The fourth-order valence-electron chi connectivity index (χ4n) is 7.77. The van der Waals surface area contributed by atoms with Gasteiger partial charge in [0.25, 0.3) is 0 Å². The predicted octanol–water partition coefficient (Wildman–Crippen LogP) is 4.60. The third-order valence-electron chi connectivity index (χ3n) is 9.53. The van der Waals surface area contributed by atoms with Gasteiger partial charge in [-0.05, 0) is 86.4 Å². The van der Waals surface area contributed by atoms with Crippen LogP contribution in [0.3, 0.4) is 0 Å². The number of ketones is 1. The quantitative estimate of drug-likeness (QED) is 0.709. The van der Waals surface area contributed by atoms with E-state index >= 15 is 0 Å². The fourth-order valence-corrected chi connectivity index (χ4v) is 7.77. The third-order valence-corrected chi connectivity index (χ3v) is 9.53. The van der Waals surface area contributed by atoms with E-state index in [1.54, 1.807) is 0 Å². The van der Waals surface area contributed by atoms with Crippen molar-refractivity contribution in [1.82, 2.24) is 0 Å². The Morgan fingerprint density at radius 3 is 2.35 bits per heavy atom. The molecule has 0 radical (unpaired) electrons. The number of aliphatic hydroxyl groups is 1. The molecule has 130 valence electrons. The zero-order valence-corrected chi connectivity index (χ0v) is 15.4. The van der Waals surface area contributed by atoms with Crippen molar-refractivity contribution in [3.8, 4) is 0 Å². The van der Waals surface area contributed by atoms with E-state index in [1.165, 1.54) is 32.1 Å². The largest absolute Gasteiger partial charge is 0.390 e. The van der Waals surface area contributed by atoms with Crippen molar-refractivity contribution >= 4 is 5.78 Å². The van der Waals surface area contributed by atoms with E-state index in [2.05, 4.69) is 27.7 Å². The highest BCUT2D eigenvalue weighted by Crippen LogP contribution is 2.68. The number of fused-ring (bicyclic) bond motifs is 5. The Balaban J connectivity index is 1.66. The average Bonchev–Trinajstić information content (AvgIpc) is 2.74. The van der Waals surface area contributed by atoms with E-state index in [-0.39, 0.29) is 11.3 Å². The number of hydrogen-bond acceptors (Lipinski definition) is 2. The van der Waals surface area contributed by atoms with Crippen LogP contribution in [0.15, 0.2) is 0 Å². The van der Waals surface area contributed by atoms with E-state index in [1.807, 2.05) is 0 Å². The van der Waals surface area contributed by atoms with Gasteiger partial charge < -0.3 is 5.11 Å².